The maximum Gasteiger partial charge on any atom is 0.248 e. The molecular weight excluding hydrogens is 522 g/mol. The van der Waals surface area contributed by atoms with Gasteiger partial charge in [-0.2, -0.15) is 5.26 Å². The molecular formula is C34H43N7O. The van der Waals surface area contributed by atoms with Gasteiger partial charge < -0.3 is 27.4 Å². The first-order valence-electron chi connectivity index (χ1n) is 14.9. The van der Waals surface area contributed by atoms with Gasteiger partial charge in [-0.05, 0) is 105 Å². The summed E-state index contributed by atoms with van der Waals surface area (Å²) in [6.07, 6.45) is 4.16. The summed E-state index contributed by atoms with van der Waals surface area (Å²) >= 11 is 0. The van der Waals surface area contributed by atoms with E-state index in [4.69, 9.17) is 22.2 Å². The number of nitrogens with one attached hydrogen (secondary N) is 1. The van der Waals surface area contributed by atoms with Crippen LogP contribution in [0.4, 0.5) is 0 Å². The molecule has 0 radical (unpaired) electrons. The Morgan fingerprint density at radius 2 is 1.69 bits per heavy atom. The molecule has 5 atom stereocenters. The summed E-state index contributed by atoms with van der Waals surface area (Å²) in [5, 5.41) is 13.4. The first-order chi connectivity index (χ1) is 20.0. The molecule has 0 spiro atoms. The van der Waals surface area contributed by atoms with Gasteiger partial charge in [-0.1, -0.05) is 31.4 Å². The van der Waals surface area contributed by atoms with Gasteiger partial charge in [-0.3, -0.25) is 9.79 Å². The number of amidine groups is 1. The number of hydrogen-bond acceptors (Lipinski definition) is 6. The lowest BCUT2D eigenvalue weighted by molar-refractivity contribution is 0.1000. The van der Waals surface area contributed by atoms with E-state index in [0.717, 1.165) is 52.8 Å². The van der Waals surface area contributed by atoms with Crippen LogP contribution < -0.4 is 22.5 Å². The average molecular weight is 566 g/mol. The normalized spacial score (nSPS) is 25.1. The van der Waals surface area contributed by atoms with E-state index in [1.807, 2.05) is 32.0 Å². The van der Waals surface area contributed by atoms with E-state index < -0.39 is 11.3 Å². The van der Waals surface area contributed by atoms with Crippen LogP contribution in [0.1, 0.15) is 78.2 Å². The van der Waals surface area contributed by atoms with E-state index in [1.165, 1.54) is 0 Å². The Morgan fingerprint density at radius 3 is 2.26 bits per heavy atom. The number of rotatable bonds is 10. The minimum absolute atomic E-state index is 0.000400. The number of fused-ring (bicyclic) bond motifs is 3. The number of aryl methyl sites for hydroxylation is 2. The molecule has 2 aromatic carbocycles. The van der Waals surface area contributed by atoms with Gasteiger partial charge in [0.05, 0.1) is 11.5 Å². The molecule has 1 saturated heterocycles. The highest BCUT2D eigenvalue weighted by Crippen LogP contribution is 2.49. The van der Waals surface area contributed by atoms with E-state index >= 15 is 0 Å². The van der Waals surface area contributed by atoms with E-state index in [9.17, 15) is 10.1 Å². The molecule has 5 rings (SSSR count). The summed E-state index contributed by atoms with van der Waals surface area (Å²) < 4.78 is 0. The van der Waals surface area contributed by atoms with Crippen molar-refractivity contribution < 1.29 is 4.79 Å². The van der Waals surface area contributed by atoms with E-state index in [-0.39, 0.29) is 18.1 Å². The van der Waals surface area contributed by atoms with Gasteiger partial charge in [0.2, 0.25) is 5.91 Å². The predicted octanol–water partition coefficient (Wildman–Crippen LogP) is 3.73. The summed E-state index contributed by atoms with van der Waals surface area (Å²) in [4.78, 5) is 19.3. The second-order valence-corrected chi connectivity index (χ2v) is 12.6. The second-order valence-electron chi connectivity index (χ2n) is 12.6. The maximum atomic E-state index is 12.2. The number of likely N-dealkylation sites (tertiary alicyclic amines) is 1. The number of nitriles is 1. The summed E-state index contributed by atoms with van der Waals surface area (Å²) in [5.74, 6) is 0.697. The third-order valence-electron chi connectivity index (χ3n) is 9.17. The fourth-order valence-electron chi connectivity index (χ4n) is 7.13. The van der Waals surface area contributed by atoms with Crippen LogP contribution >= 0.6 is 0 Å². The van der Waals surface area contributed by atoms with Gasteiger partial charge in [-0.15, -0.1) is 0 Å². The Kier molecular flexibility index (Phi) is 7.91. The number of primary amides is 1. The summed E-state index contributed by atoms with van der Waals surface area (Å²) in [6.45, 7) is 15.1. The van der Waals surface area contributed by atoms with Gasteiger partial charge in [0.25, 0.3) is 0 Å². The van der Waals surface area contributed by atoms with Gasteiger partial charge in [0.15, 0.2) is 0 Å². The highest BCUT2D eigenvalue weighted by molar-refractivity contribution is 5.98. The predicted molar refractivity (Wildman–Crippen MR) is 169 cm³/mol. The first-order valence-corrected chi connectivity index (χ1v) is 14.9. The monoisotopic (exact) mass is 565 g/mol. The Balaban J connectivity index is 1.57. The minimum Gasteiger partial charge on any atom is -0.399 e. The highest BCUT2D eigenvalue weighted by Gasteiger charge is 2.52. The van der Waals surface area contributed by atoms with Crippen LogP contribution in [0.25, 0.3) is 5.70 Å². The molecule has 2 fully saturated rings. The molecule has 1 saturated carbocycles. The van der Waals surface area contributed by atoms with Crippen LogP contribution in [0, 0.1) is 17.2 Å². The average Bonchev–Trinajstić information content (AvgIpc) is 3.64. The Bertz CT molecular complexity index is 1430. The van der Waals surface area contributed by atoms with Crippen molar-refractivity contribution in [1.82, 2.24) is 10.2 Å². The standard InChI is InChI=1S/C34H43N7O/c1-19(2)40-33(38)34(16-20(3)39-18-21(4)41-28(17-35)14-27-15-31(27)41)29-10-8-23(22(5)36)12-24(29)6-7-25-13-26(32(37)42)9-11-30(25)34/h8-13,19-20,27-28,31,39H,4-7,14-16,18,36H2,1-3H3,(H2,37,42)(H2,38,40)/t20-,27-,28?,31+,34?/m1/s1. The number of nitrogens with zero attached hydrogens (tertiary/aromatic N) is 3. The zero-order chi connectivity index (χ0) is 30.3. The van der Waals surface area contributed by atoms with E-state index in [1.54, 1.807) is 6.07 Å². The molecule has 2 aromatic rings. The van der Waals surface area contributed by atoms with Crippen molar-refractivity contribution in [2.24, 2.45) is 28.1 Å². The van der Waals surface area contributed by atoms with Crippen molar-refractivity contribution >= 4 is 17.4 Å². The molecule has 2 unspecified atom stereocenters. The first kappa shape index (κ1) is 29.4. The second kappa shape index (κ2) is 11.3. The number of carbonyl (C=O) groups excluding carboxylic acids is 1. The molecule has 7 N–H and O–H groups in total. The number of hydrogen-bond donors (Lipinski definition) is 4. The fourth-order valence-corrected chi connectivity index (χ4v) is 7.13. The third kappa shape index (κ3) is 5.30. The number of nitrogens with two attached hydrogens (primary N) is 3. The molecule has 3 aliphatic rings. The topological polar surface area (TPSA) is 147 Å². The quantitative estimate of drug-likeness (QED) is 0.255. The van der Waals surface area contributed by atoms with Crippen LogP contribution in [-0.2, 0) is 18.3 Å². The van der Waals surface area contributed by atoms with Crippen molar-refractivity contribution in [3.8, 4) is 6.07 Å². The number of benzene rings is 2. The largest absolute Gasteiger partial charge is 0.399 e. The Hall–Kier alpha value is -4.09. The van der Waals surface area contributed by atoms with Crippen LogP contribution in [0.3, 0.4) is 0 Å². The summed E-state index contributed by atoms with van der Waals surface area (Å²) in [5.41, 5.74) is 25.2. The SMILES string of the molecule is C=C(N)c1ccc2c(c1)CCc1cc(C(N)=O)ccc1C2(C[C@@H](C)NCC(=C)N1C(C#N)C[C@@H]2C[C@@H]21)C(N)=NC(C)C. The fraction of sp³-hybridized carbons (Fsp3) is 0.441. The van der Waals surface area contributed by atoms with Crippen molar-refractivity contribution in [2.75, 3.05) is 6.54 Å². The molecule has 42 heavy (non-hydrogen) atoms. The lowest BCUT2D eigenvalue weighted by atomic mass is 9.67. The van der Waals surface area contributed by atoms with Gasteiger partial charge in [-0.25, -0.2) is 0 Å². The van der Waals surface area contributed by atoms with E-state index in [2.05, 4.69) is 48.5 Å². The molecule has 0 aromatic heterocycles. The summed E-state index contributed by atoms with van der Waals surface area (Å²) in [7, 11) is 0. The van der Waals surface area contributed by atoms with Crippen molar-refractivity contribution in [1.29, 1.82) is 5.26 Å². The Morgan fingerprint density at radius 1 is 1.07 bits per heavy atom. The zero-order valence-electron chi connectivity index (χ0n) is 25.0. The van der Waals surface area contributed by atoms with Gasteiger partial charge in [0.1, 0.15) is 11.9 Å². The zero-order valence-corrected chi connectivity index (χ0v) is 25.0. The molecule has 8 heteroatoms. The molecule has 2 aliphatic carbocycles. The maximum absolute atomic E-state index is 12.2. The van der Waals surface area contributed by atoms with Crippen LogP contribution in [0.5, 0.6) is 0 Å². The minimum atomic E-state index is -0.770. The number of amides is 1. The molecule has 1 heterocycles. The number of piperidine rings is 1. The van der Waals surface area contributed by atoms with Crippen molar-refractivity contribution in [3.05, 3.63) is 88.6 Å². The Labute approximate surface area is 249 Å². The third-order valence-corrected chi connectivity index (χ3v) is 9.17. The van der Waals surface area contributed by atoms with Crippen molar-refractivity contribution in [3.63, 3.8) is 0 Å². The summed E-state index contributed by atoms with van der Waals surface area (Å²) in [6, 6.07) is 14.7. The van der Waals surface area contributed by atoms with Crippen molar-refractivity contribution in [2.45, 2.75) is 82.5 Å². The number of carbonyl (C=O) groups is 1. The number of aliphatic imine (C=N–C) groups is 1. The molecule has 1 amide bonds. The van der Waals surface area contributed by atoms with E-state index in [0.29, 0.717) is 48.4 Å². The van der Waals surface area contributed by atoms with Gasteiger partial charge in [0, 0.05) is 41.6 Å². The van der Waals surface area contributed by atoms with Crippen LogP contribution in [-0.4, -0.2) is 47.4 Å². The van der Waals surface area contributed by atoms with Crippen LogP contribution in [0.2, 0.25) is 0 Å². The van der Waals surface area contributed by atoms with Gasteiger partial charge >= 0.3 is 0 Å². The smallest absolute Gasteiger partial charge is 0.248 e. The lowest BCUT2D eigenvalue weighted by Gasteiger charge is -2.39. The molecule has 8 nitrogen and oxygen atoms in total. The molecule has 220 valence electrons. The molecule has 1 aliphatic heterocycles. The highest BCUT2D eigenvalue weighted by atomic mass is 16.1. The van der Waals surface area contributed by atoms with Crippen LogP contribution in [0.15, 0.2) is 60.2 Å². The molecule has 0 bridgehead atoms. The lowest BCUT2D eigenvalue weighted by Crippen LogP contribution is -2.48.